The Morgan fingerprint density at radius 2 is 0.860 bits per heavy atom. The van der Waals surface area contributed by atoms with Gasteiger partial charge in [0.1, 0.15) is 5.25 Å². The Morgan fingerprint density at radius 3 is 1.18 bits per heavy atom. The molecular weight excluding hydrogens is 890 g/mol. The number of alkyl halides is 24. The van der Waals surface area contributed by atoms with Gasteiger partial charge in [0, 0.05) is 18.6 Å². The van der Waals surface area contributed by atoms with Crippen LogP contribution in [0.25, 0.3) is 0 Å². The molecule has 1 atom stereocenters. The van der Waals surface area contributed by atoms with E-state index in [-0.39, 0.29) is 16.8 Å². The van der Waals surface area contributed by atoms with E-state index >= 15 is 0 Å². The van der Waals surface area contributed by atoms with Crippen LogP contribution in [0.2, 0.25) is 0 Å². The topological polar surface area (TPSA) is 52.6 Å². The summed E-state index contributed by atoms with van der Waals surface area (Å²) in [6.45, 7) is -2.91. The van der Waals surface area contributed by atoms with Gasteiger partial charge in [-0.1, -0.05) is 0 Å². The Kier molecular flexibility index (Phi) is 17.3. The van der Waals surface area contributed by atoms with Gasteiger partial charge in [-0.05, 0) is 12.8 Å². The van der Waals surface area contributed by atoms with E-state index in [9.17, 15) is 115 Å². The summed E-state index contributed by atoms with van der Waals surface area (Å²) in [5.41, 5.74) is 0. The highest BCUT2D eigenvalue weighted by Gasteiger charge is 2.88. The fourth-order valence-corrected chi connectivity index (χ4v) is 5.19. The van der Waals surface area contributed by atoms with E-state index in [0.29, 0.717) is 11.8 Å². The molecule has 0 saturated carbocycles. The third-order valence-electron chi connectivity index (χ3n) is 7.36. The maximum Gasteiger partial charge on any atom is 0.384 e. The summed E-state index contributed by atoms with van der Waals surface area (Å²) in [6, 6.07) is 0. The summed E-state index contributed by atoms with van der Waals surface area (Å²) in [7, 11) is 4.69. The molecule has 0 amide bonds. The fourth-order valence-electron chi connectivity index (χ4n) is 3.79. The van der Waals surface area contributed by atoms with Crippen LogP contribution in [0.5, 0.6) is 0 Å². The summed E-state index contributed by atoms with van der Waals surface area (Å²) in [6.07, 6.45) is -21.4. The lowest BCUT2D eigenvalue weighted by Gasteiger charge is -2.39. The molecule has 340 valence electrons. The van der Waals surface area contributed by atoms with Crippen LogP contribution in [0, 0.1) is 0 Å². The van der Waals surface area contributed by atoms with Crippen molar-refractivity contribution < 1.29 is 129 Å². The third kappa shape index (κ3) is 11.2. The Bertz CT molecular complexity index is 1340. The quantitative estimate of drug-likeness (QED) is 0.0396. The van der Waals surface area contributed by atoms with Crippen LogP contribution in [-0.2, 0) is 19.1 Å². The number of carbonyl (C=O) groups excluding carboxylic acids is 2. The first kappa shape index (κ1) is 54.6. The van der Waals surface area contributed by atoms with Crippen LogP contribution in [-0.4, -0.2) is 140 Å². The molecule has 0 aromatic heterocycles. The van der Waals surface area contributed by atoms with E-state index in [1.54, 1.807) is 21.1 Å². The minimum atomic E-state index is -7.82. The van der Waals surface area contributed by atoms with Gasteiger partial charge >= 0.3 is 84.0 Å². The lowest BCUT2D eigenvalue weighted by Crippen LogP contribution is -2.68. The van der Waals surface area contributed by atoms with Crippen molar-refractivity contribution in [2.45, 2.75) is 109 Å². The van der Waals surface area contributed by atoms with Crippen LogP contribution in [0.1, 0.15) is 32.1 Å². The predicted octanol–water partition coefficient (Wildman–Crippen LogP) is 9.71. The number of nitrogens with zero attached hydrogens (tertiary/aromatic N) is 1. The van der Waals surface area contributed by atoms with Gasteiger partial charge in [0.25, 0.3) is 0 Å². The standard InChI is InChI=1S/C27H30F24NO4S/c1-52(2,3)8-11-57-13(15(54)56-10-5-7-19(34,35)23(42,43)27(50,51)25(46,47)21(38,39)17(30)31)12-14(53)55-9-4-6-18(32,33)22(40,41)26(48,49)24(44,45)20(36,37)16(28)29/h13,16-17H,4-12H2,1-3H3/q+1. The van der Waals surface area contributed by atoms with Crippen LogP contribution in [0.15, 0.2) is 0 Å². The number of ether oxygens (including phenoxy) is 2. The molecule has 0 aliphatic heterocycles. The highest BCUT2D eigenvalue weighted by molar-refractivity contribution is 8.00. The van der Waals surface area contributed by atoms with Crippen molar-refractivity contribution in [3.05, 3.63) is 0 Å². The molecule has 5 nitrogen and oxygen atoms in total. The summed E-state index contributed by atoms with van der Waals surface area (Å²) in [5.74, 6) is -76.8. The summed E-state index contributed by atoms with van der Waals surface area (Å²) in [5, 5.41) is -1.87. The van der Waals surface area contributed by atoms with E-state index in [1.807, 2.05) is 0 Å². The molecule has 0 spiro atoms. The maximum atomic E-state index is 14.0. The highest BCUT2D eigenvalue weighted by Crippen LogP contribution is 2.60. The molecule has 0 bridgehead atoms. The summed E-state index contributed by atoms with van der Waals surface area (Å²) < 4.78 is 329. The largest absolute Gasteiger partial charge is 0.466 e. The number of rotatable bonds is 25. The molecule has 0 heterocycles. The van der Waals surface area contributed by atoms with Gasteiger partial charge in [-0.3, -0.25) is 9.59 Å². The molecule has 0 radical (unpaired) electrons. The van der Waals surface area contributed by atoms with Crippen LogP contribution in [0.3, 0.4) is 0 Å². The van der Waals surface area contributed by atoms with Gasteiger partial charge in [0.15, 0.2) is 0 Å². The zero-order valence-corrected chi connectivity index (χ0v) is 29.5. The number of thioether (sulfide) groups is 1. The molecule has 0 N–H and O–H groups in total. The van der Waals surface area contributed by atoms with Crippen LogP contribution < -0.4 is 0 Å². The fraction of sp³-hybridized carbons (Fsp3) is 0.926. The molecule has 0 aromatic rings. The summed E-state index contributed by atoms with van der Waals surface area (Å²) in [4.78, 5) is 24.7. The van der Waals surface area contributed by atoms with Crippen molar-refractivity contribution >= 4 is 23.7 Å². The second-order valence-electron chi connectivity index (χ2n) is 12.9. The lowest BCUT2D eigenvalue weighted by molar-refractivity contribution is -0.867. The maximum absolute atomic E-state index is 14.0. The average molecular weight is 921 g/mol. The molecule has 0 aromatic carbocycles. The first-order chi connectivity index (χ1) is 25.0. The number of hydrogen-bond acceptors (Lipinski definition) is 5. The number of halogens is 24. The third-order valence-corrected chi connectivity index (χ3v) is 8.53. The smallest absolute Gasteiger partial charge is 0.384 e. The van der Waals surface area contributed by atoms with Gasteiger partial charge < -0.3 is 14.0 Å². The van der Waals surface area contributed by atoms with Gasteiger partial charge in [0.2, 0.25) is 0 Å². The lowest BCUT2D eigenvalue weighted by atomic mass is 9.92. The zero-order chi connectivity index (χ0) is 45.9. The van der Waals surface area contributed by atoms with Gasteiger partial charge in [-0.25, -0.2) is 17.6 Å². The molecule has 30 heteroatoms. The Morgan fingerprint density at radius 1 is 0.526 bits per heavy atom. The second-order valence-corrected chi connectivity index (χ2v) is 14.2. The average Bonchev–Trinajstić information content (AvgIpc) is 3.02. The SMILES string of the molecule is C[N+](C)(C)CCSC(CC(=O)OCCCC(F)(F)C(F)(F)C(F)(F)C(F)(F)C(F)(F)C(F)F)C(=O)OCCCC(F)(F)C(F)(F)C(F)(F)C(F)(F)C(F)(F)C(F)F. The van der Waals surface area contributed by atoms with Crippen molar-refractivity contribution in [2.75, 3.05) is 46.7 Å². The predicted molar refractivity (Wildman–Crippen MR) is 146 cm³/mol. The van der Waals surface area contributed by atoms with Crippen molar-refractivity contribution in [3.8, 4) is 0 Å². The summed E-state index contributed by atoms with van der Waals surface area (Å²) >= 11 is 0.457. The van der Waals surface area contributed by atoms with E-state index in [0.717, 1.165) is 0 Å². The molecule has 57 heavy (non-hydrogen) atoms. The minimum absolute atomic E-state index is 0.116. The first-order valence-corrected chi connectivity index (χ1v) is 16.1. The number of hydrogen-bond donors (Lipinski definition) is 0. The molecule has 0 aliphatic rings. The van der Waals surface area contributed by atoms with Crippen LogP contribution >= 0.6 is 11.8 Å². The molecule has 0 saturated heterocycles. The first-order valence-electron chi connectivity index (χ1n) is 15.1. The second kappa shape index (κ2) is 18.0. The Labute approximate surface area is 309 Å². The highest BCUT2D eigenvalue weighted by atomic mass is 32.2. The van der Waals surface area contributed by atoms with Crippen molar-refractivity contribution in [1.82, 2.24) is 0 Å². The molecule has 0 fully saturated rings. The molecule has 0 aliphatic carbocycles. The van der Waals surface area contributed by atoms with Crippen molar-refractivity contribution in [1.29, 1.82) is 0 Å². The van der Waals surface area contributed by atoms with E-state index in [4.69, 9.17) is 0 Å². The number of quaternary nitrogens is 1. The van der Waals surface area contributed by atoms with Gasteiger partial charge in [-0.15, -0.1) is 11.8 Å². The molecule has 0 rings (SSSR count). The van der Waals surface area contributed by atoms with Gasteiger partial charge in [0.05, 0.1) is 47.3 Å². The molecule has 1 unspecified atom stereocenters. The Balaban J connectivity index is 5.71. The van der Waals surface area contributed by atoms with Crippen molar-refractivity contribution in [3.63, 3.8) is 0 Å². The molecular formula is C27H30F24NO4S+. The number of esters is 2. The van der Waals surface area contributed by atoms with E-state index < -0.39 is 135 Å². The van der Waals surface area contributed by atoms with Gasteiger partial charge in [-0.2, -0.15) is 87.8 Å². The normalized spacial score (nSPS) is 15.7. The zero-order valence-electron chi connectivity index (χ0n) is 28.7. The van der Waals surface area contributed by atoms with E-state index in [1.165, 1.54) is 0 Å². The monoisotopic (exact) mass is 920 g/mol. The number of carbonyl (C=O) groups is 2. The van der Waals surface area contributed by atoms with Crippen LogP contribution in [0.4, 0.5) is 105 Å². The minimum Gasteiger partial charge on any atom is -0.466 e. The van der Waals surface area contributed by atoms with E-state index in [2.05, 4.69) is 9.47 Å². The Hall–Kier alpha value is -2.43. The van der Waals surface area contributed by atoms with Crippen molar-refractivity contribution in [2.24, 2.45) is 0 Å².